The van der Waals surface area contributed by atoms with Crippen molar-refractivity contribution in [2.24, 2.45) is 0 Å². The molecule has 0 fully saturated rings. The Balaban J connectivity index is 3.26. The maximum absolute atomic E-state index is 12.5. The topological polar surface area (TPSA) is 95.9 Å². The molecule has 6 nitrogen and oxygen atoms in total. The van der Waals surface area contributed by atoms with Crippen LogP contribution in [0.4, 0.5) is 0 Å². The van der Waals surface area contributed by atoms with Gasteiger partial charge in [-0.15, -0.1) is 0 Å². The Hall–Kier alpha value is -1.14. The van der Waals surface area contributed by atoms with Crippen LogP contribution in [-0.2, 0) is 14.3 Å². The summed E-state index contributed by atoms with van der Waals surface area (Å²) >= 11 is 0. The highest BCUT2D eigenvalue weighted by atomic mass is 16.5. The third-order valence-corrected chi connectivity index (χ3v) is 19.9. The van der Waals surface area contributed by atoms with Crippen LogP contribution < -0.4 is 5.32 Å². The average Bonchev–Trinajstić information content (AvgIpc) is 3.58. The quantitative estimate of drug-likeness (QED) is 0.0417. The van der Waals surface area contributed by atoms with Crippen molar-refractivity contribution in [1.82, 2.24) is 5.32 Å². The Bertz CT molecular complexity index is 1290. The van der Waals surface area contributed by atoms with Crippen LogP contribution in [0.15, 0.2) is 0 Å². The highest BCUT2D eigenvalue weighted by Gasteiger charge is 2.20. The van der Waals surface area contributed by atoms with Gasteiger partial charge in [-0.05, 0) is 25.7 Å². The molecule has 3 N–H and O–H groups in total. The lowest BCUT2D eigenvalue weighted by Crippen LogP contribution is -2.45. The van der Waals surface area contributed by atoms with E-state index in [1.807, 2.05) is 0 Å². The standard InChI is InChI=1S/C82H163NO5/c1-3-5-7-9-11-13-15-17-19-20-45-48-52-56-60-64-68-72-76-82(87)88-77-73-69-65-61-57-53-49-46-43-41-39-37-35-33-31-29-27-25-23-21-22-24-26-28-30-32-34-36-38-40-42-44-47-51-55-59-63-67-71-75-81(86)83-79(78-84)80(85)74-70-66-62-58-54-50-18-16-14-12-10-8-6-4-2/h79-80,84-85H,3-78H2,1-2H3,(H,83,86). The normalized spacial score (nSPS) is 12.4. The van der Waals surface area contributed by atoms with Crippen LogP contribution in [0.2, 0.25) is 0 Å². The van der Waals surface area contributed by atoms with E-state index in [-0.39, 0.29) is 18.5 Å². The van der Waals surface area contributed by atoms with Crippen molar-refractivity contribution in [3.63, 3.8) is 0 Å². The van der Waals surface area contributed by atoms with Crippen LogP contribution in [0.5, 0.6) is 0 Å². The molecular formula is C82H163NO5. The number of ether oxygens (including phenoxy) is 1. The summed E-state index contributed by atoms with van der Waals surface area (Å²) in [5.41, 5.74) is 0. The lowest BCUT2D eigenvalue weighted by Gasteiger charge is -2.22. The molecule has 0 spiro atoms. The highest BCUT2D eigenvalue weighted by Crippen LogP contribution is 2.21. The van der Waals surface area contributed by atoms with Crippen molar-refractivity contribution in [3.8, 4) is 0 Å². The van der Waals surface area contributed by atoms with Crippen molar-refractivity contribution >= 4 is 11.9 Å². The van der Waals surface area contributed by atoms with E-state index >= 15 is 0 Å². The molecule has 1 amide bonds. The highest BCUT2D eigenvalue weighted by molar-refractivity contribution is 5.76. The summed E-state index contributed by atoms with van der Waals surface area (Å²) in [6.45, 7) is 5.02. The second-order valence-corrected chi connectivity index (χ2v) is 28.8. The molecule has 0 aliphatic carbocycles. The van der Waals surface area contributed by atoms with Crippen molar-refractivity contribution in [2.75, 3.05) is 13.2 Å². The zero-order chi connectivity index (χ0) is 63.5. The summed E-state index contributed by atoms with van der Waals surface area (Å²) in [6, 6.07) is -0.535. The van der Waals surface area contributed by atoms with Gasteiger partial charge >= 0.3 is 5.97 Å². The van der Waals surface area contributed by atoms with E-state index in [9.17, 15) is 19.8 Å². The second-order valence-electron chi connectivity index (χ2n) is 28.8. The Kier molecular flexibility index (Phi) is 77.3. The minimum atomic E-state index is -0.658. The number of carbonyl (C=O) groups excluding carboxylic acids is 2. The summed E-state index contributed by atoms with van der Waals surface area (Å²) in [5, 5.41) is 23.3. The zero-order valence-corrected chi connectivity index (χ0v) is 60.5. The molecule has 0 saturated carbocycles. The SMILES string of the molecule is CCCCCCCCCCCCCCCCCCCCC(=O)OCCCCCCCCCCCCCCCCCCCCCCCCCCCCCCCCCCCCCCCCCC(=O)NC(CO)C(O)CCCCCCCCCCCCCCCC. The molecule has 0 rings (SSSR count). The van der Waals surface area contributed by atoms with Gasteiger partial charge in [0, 0.05) is 12.8 Å². The van der Waals surface area contributed by atoms with Gasteiger partial charge in [0.05, 0.1) is 25.4 Å². The molecule has 2 unspecified atom stereocenters. The summed E-state index contributed by atoms with van der Waals surface area (Å²) in [5.74, 6) is 0.00504. The van der Waals surface area contributed by atoms with E-state index in [1.54, 1.807) is 0 Å². The Morgan fingerprint density at radius 2 is 0.466 bits per heavy atom. The van der Waals surface area contributed by atoms with Gasteiger partial charge in [-0.25, -0.2) is 0 Å². The number of hydrogen-bond acceptors (Lipinski definition) is 5. The van der Waals surface area contributed by atoms with Gasteiger partial charge in [-0.3, -0.25) is 9.59 Å². The molecule has 2 atom stereocenters. The number of aliphatic hydroxyl groups is 2. The Labute approximate surface area is 553 Å². The van der Waals surface area contributed by atoms with Gasteiger partial charge in [-0.2, -0.15) is 0 Å². The van der Waals surface area contributed by atoms with Gasteiger partial charge < -0.3 is 20.3 Å². The number of aliphatic hydroxyl groups excluding tert-OH is 2. The number of amides is 1. The van der Waals surface area contributed by atoms with E-state index in [4.69, 9.17) is 4.74 Å². The van der Waals surface area contributed by atoms with Crippen LogP contribution >= 0.6 is 0 Å². The summed E-state index contributed by atoms with van der Waals surface area (Å²) in [4.78, 5) is 24.6. The largest absolute Gasteiger partial charge is 0.466 e. The Morgan fingerprint density at radius 3 is 0.693 bits per heavy atom. The maximum atomic E-state index is 12.5. The molecule has 0 aromatic carbocycles. The molecule has 88 heavy (non-hydrogen) atoms. The minimum Gasteiger partial charge on any atom is -0.466 e. The van der Waals surface area contributed by atoms with Crippen molar-refractivity contribution in [1.29, 1.82) is 0 Å². The lowest BCUT2D eigenvalue weighted by molar-refractivity contribution is -0.143. The minimum absolute atomic E-state index is 0.0249. The van der Waals surface area contributed by atoms with Gasteiger partial charge in [0.25, 0.3) is 0 Å². The maximum Gasteiger partial charge on any atom is 0.305 e. The molecule has 0 heterocycles. The lowest BCUT2D eigenvalue weighted by atomic mass is 10.0. The number of nitrogens with one attached hydrogen (secondary N) is 1. The van der Waals surface area contributed by atoms with Crippen LogP contribution in [0.3, 0.4) is 0 Å². The van der Waals surface area contributed by atoms with E-state index < -0.39 is 12.1 Å². The first kappa shape index (κ1) is 86.9. The summed E-state index contributed by atoms with van der Waals surface area (Å²) in [7, 11) is 0. The molecule has 0 aliphatic rings. The van der Waals surface area contributed by atoms with Crippen LogP contribution in [0.1, 0.15) is 489 Å². The van der Waals surface area contributed by atoms with Gasteiger partial charge in [0.15, 0.2) is 0 Å². The number of unbranched alkanes of at least 4 members (excludes halogenated alkanes) is 68. The molecular weight excluding hydrogens is 1080 g/mol. The number of esters is 1. The summed E-state index contributed by atoms with van der Waals surface area (Å²) < 4.78 is 5.52. The monoisotopic (exact) mass is 1240 g/mol. The number of hydrogen-bond donors (Lipinski definition) is 3. The van der Waals surface area contributed by atoms with Crippen molar-refractivity contribution in [2.45, 2.75) is 501 Å². The Morgan fingerprint density at radius 1 is 0.273 bits per heavy atom. The predicted octanol–water partition coefficient (Wildman–Crippen LogP) is 27.3. The molecule has 0 aliphatic heterocycles. The first-order valence-corrected chi connectivity index (χ1v) is 41.3. The molecule has 0 bridgehead atoms. The van der Waals surface area contributed by atoms with Crippen molar-refractivity contribution in [3.05, 3.63) is 0 Å². The molecule has 0 radical (unpaired) electrons. The first-order chi connectivity index (χ1) is 43.5. The van der Waals surface area contributed by atoms with Crippen LogP contribution in [0, 0.1) is 0 Å². The number of rotatable bonds is 79. The van der Waals surface area contributed by atoms with E-state index in [2.05, 4.69) is 19.2 Å². The second kappa shape index (κ2) is 78.3. The van der Waals surface area contributed by atoms with E-state index in [0.29, 0.717) is 25.9 Å². The third-order valence-electron chi connectivity index (χ3n) is 19.9. The van der Waals surface area contributed by atoms with Crippen LogP contribution in [-0.4, -0.2) is 47.4 Å². The molecule has 0 saturated heterocycles. The number of carbonyl (C=O) groups is 2. The molecule has 0 aromatic rings. The molecule has 0 aromatic heterocycles. The smallest absolute Gasteiger partial charge is 0.305 e. The fourth-order valence-electron chi connectivity index (χ4n) is 13.6. The molecule has 6 heteroatoms. The van der Waals surface area contributed by atoms with Crippen molar-refractivity contribution < 1.29 is 24.5 Å². The third kappa shape index (κ3) is 73.9. The van der Waals surface area contributed by atoms with Gasteiger partial charge in [0.2, 0.25) is 5.91 Å². The van der Waals surface area contributed by atoms with E-state index in [0.717, 1.165) is 38.5 Å². The first-order valence-electron chi connectivity index (χ1n) is 41.3. The fraction of sp³-hybridized carbons (Fsp3) is 0.976. The van der Waals surface area contributed by atoms with Gasteiger partial charge in [0.1, 0.15) is 0 Å². The summed E-state index contributed by atoms with van der Waals surface area (Å²) in [6.07, 6.45) is 98.0. The predicted molar refractivity (Wildman–Crippen MR) is 389 cm³/mol. The average molecular weight is 1240 g/mol. The fourth-order valence-corrected chi connectivity index (χ4v) is 13.6. The van der Waals surface area contributed by atoms with Gasteiger partial charge in [-0.1, -0.05) is 450 Å². The van der Waals surface area contributed by atoms with Crippen LogP contribution in [0.25, 0.3) is 0 Å². The van der Waals surface area contributed by atoms with E-state index in [1.165, 1.54) is 417 Å². The zero-order valence-electron chi connectivity index (χ0n) is 60.5. The molecule has 526 valence electrons.